The number of nitrogens with one attached hydrogen (secondary N) is 4. The Morgan fingerprint density at radius 1 is 0.827 bits per heavy atom. The van der Waals surface area contributed by atoms with E-state index in [1.165, 1.54) is 24.1 Å². The van der Waals surface area contributed by atoms with Gasteiger partial charge in [-0.3, -0.25) is 5.32 Å². The fourth-order valence-electron chi connectivity index (χ4n) is 3.79. The molecule has 1 heterocycles. The molecule has 0 spiro atoms. The molecule has 0 aromatic heterocycles. The Morgan fingerprint density at radius 3 is 1.67 bits per heavy atom. The quantitative estimate of drug-likeness (QED) is 0.100. The van der Waals surface area contributed by atoms with Gasteiger partial charge >= 0.3 is 36.5 Å². The van der Waals surface area contributed by atoms with E-state index in [1.54, 1.807) is 13.8 Å². The molecule has 286 valence electrons. The summed E-state index contributed by atoms with van der Waals surface area (Å²) in [5.74, 6) is 0. The number of amides is 1. The number of hydrogen-bond donors (Lipinski definition) is 6. The average Bonchev–Trinajstić information content (AvgIpc) is 3.71. The third kappa shape index (κ3) is 31.4. The van der Waals surface area contributed by atoms with Gasteiger partial charge in [0.05, 0.1) is 13.2 Å². The average molecular weight is 757 g/mol. The van der Waals surface area contributed by atoms with E-state index in [4.69, 9.17) is 42.1 Å². The van der Waals surface area contributed by atoms with E-state index in [1.807, 2.05) is 81.7 Å². The maximum Gasteiger partial charge on any atom is 1.00 e. The second-order valence-corrected chi connectivity index (χ2v) is 10.0. The second kappa shape index (κ2) is 40.4. The van der Waals surface area contributed by atoms with Crippen molar-refractivity contribution in [3.8, 4) is 0 Å². The fourth-order valence-corrected chi connectivity index (χ4v) is 3.89. The zero-order valence-corrected chi connectivity index (χ0v) is 31.6. The van der Waals surface area contributed by atoms with Crippen LogP contribution in [0.3, 0.4) is 0 Å². The minimum Gasteiger partial charge on any atom is -1.00 e. The third-order valence-corrected chi connectivity index (χ3v) is 6.22. The van der Waals surface area contributed by atoms with Crippen molar-refractivity contribution in [2.24, 2.45) is 5.73 Å². The summed E-state index contributed by atoms with van der Waals surface area (Å²) in [6.07, 6.45) is 2.39. The molecule has 8 N–H and O–H groups in total. The number of nitrogen functional groups attached to an aromatic ring is 1. The Hall–Kier alpha value is -3.36. The van der Waals surface area contributed by atoms with Crippen molar-refractivity contribution in [2.45, 2.75) is 53.2 Å². The van der Waals surface area contributed by atoms with Crippen LogP contribution in [0.4, 0.5) is 26.7 Å². The van der Waals surface area contributed by atoms with Crippen LogP contribution in [0.1, 0.15) is 51.7 Å². The van der Waals surface area contributed by atoms with E-state index in [9.17, 15) is 9.59 Å². The van der Waals surface area contributed by atoms with Crippen molar-refractivity contribution in [3.05, 3.63) is 89.5 Å². The Bertz CT molecular complexity index is 1340. The Balaban J connectivity index is -0.000000184. The van der Waals surface area contributed by atoms with Crippen LogP contribution in [0.15, 0.2) is 72.8 Å². The maximum atomic E-state index is 11.3. The summed E-state index contributed by atoms with van der Waals surface area (Å²) in [6.45, 7) is 11.3. The first-order valence-electron chi connectivity index (χ1n) is 16.2. The smallest absolute Gasteiger partial charge is 1.00 e. The number of halogens is 1. The van der Waals surface area contributed by atoms with Gasteiger partial charge in [0.1, 0.15) is 0 Å². The summed E-state index contributed by atoms with van der Waals surface area (Å²) in [4.78, 5) is 37.1. The summed E-state index contributed by atoms with van der Waals surface area (Å²) >= 11 is 4.72. The Kier molecular flexibility index (Phi) is 43.1. The third-order valence-electron chi connectivity index (χ3n) is 6.11. The van der Waals surface area contributed by atoms with E-state index in [-0.39, 0.29) is 43.8 Å². The SMILES string of the molecule is C1CCOC1.CCNCc1ccccc1NC(=O)OCC.CCOC(=O)Cl.CNCc1ccccc1NC.NCc1ccccc1N.O=C=O.[AlH3].[H-].[Li+]. The van der Waals surface area contributed by atoms with Crippen molar-refractivity contribution in [1.82, 2.24) is 10.6 Å². The van der Waals surface area contributed by atoms with E-state index < -0.39 is 11.5 Å². The van der Waals surface area contributed by atoms with Gasteiger partial charge in [0.15, 0.2) is 17.4 Å². The first kappa shape index (κ1) is 55.4. The summed E-state index contributed by atoms with van der Waals surface area (Å²) in [7, 11) is 3.89. The van der Waals surface area contributed by atoms with Gasteiger partial charge in [-0.15, -0.1) is 0 Å². The second-order valence-electron chi connectivity index (χ2n) is 9.70. The molecule has 1 amide bonds. The molecule has 0 saturated carbocycles. The van der Waals surface area contributed by atoms with Crippen LogP contribution in [-0.4, -0.2) is 82.1 Å². The fraction of sp³-hybridized carbons (Fsp3) is 0.417. The van der Waals surface area contributed by atoms with Crippen LogP contribution in [0, 0.1) is 0 Å². The van der Waals surface area contributed by atoms with Crippen molar-refractivity contribution >= 4 is 63.7 Å². The van der Waals surface area contributed by atoms with Gasteiger partial charge in [-0.05, 0) is 75.2 Å². The Morgan fingerprint density at radius 2 is 1.31 bits per heavy atom. The molecule has 52 heavy (non-hydrogen) atoms. The molecule has 1 aliphatic heterocycles. The molecule has 13 nitrogen and oxygen atoms in total. The molecule has 0 radical (unpaired) electrons. The van der Waals surface area contributed by atoms with Crippen LogP contribution in [0.25, 0.3) is 0 Å². The number of anilines is 3. The first-order chi connectivity index (χ1) is 24.2. The standard InChI is InChI=1S/C12H18N2O2.C9H14N2.C7H10N2.C4H8O.C3H5ClO2.CO2.Al.Li.4H/c1-3-13-9-10-7-5-6-8-11(10)14-12(15)16-4-2;1-10-7-8-5-3-4-6-9(8)11-2;8-5-6-3-1-2-4-7(6)9;1-2-4-5-3-1;1-2-6-3(4)5;2-1-3;;;;;;/h5-8,13H,3-4,9H2,1-2H3,(H,14,15);3-6,10-11H,7H2,1-2H3;1-4H,5,8-9H2;1-4H2;2H2,1H3;;;;;;;/q;;;;;;;+1;;;;-1. The molecule has 1 fully saturated rings. The van der Waals surface area contributed by atoms with Crippen LogP contribution < -0.4 is 51.6 Å². The first-order valence-corrected chi connectivity index (χ1v) is 16.6. The zero-order valence-electron chi connectivity index (χ0n) is 31.9. The van der Waals surface area contributed by atoms with Crippen molar-refractivity contribution in [3.63, 3.8) is 0 Å². The molecule has 4 rings (SSSR count). The molecule has 1 aliphatic rings. The molecule has 3 aromatic rings. The summed E-state index contributed by atoms with van der Waals surface area (Å²) in [5.41, 5.74) is 16.3. The molecule has 0 atom stereocenters. The molecular weight excluding hydrogens is 698 g/mol. The molecule has 0 unspecified atom stereocenters. The molecule has 0 bridgehead atoms. The number of carbonyl (C=O) groups is 2. The summed E-state index contributed by atoms with van der Waals surface area (Å²) in [5, 5.41) is 12.2. The van der Waals surface area contributed by atoms with Crippen LogP contribution in [0.5, 0.6) is 0 Å². The van der Waals surface area contributed by atoms with Crippen molar-refractivity contribution < 1.29 is 53.7 Å². The van der Waals surface area contributed by atoms with E-state index in [0.29, 0.717) is 19.8 Å². The van der Waals surface area contributed by atoms with Crippen molar-refractivity contribution in [2.75, 3.05) is 63.4 Å². The van der Waals surface area contributed by atoms with Gasteiger partial charge in [-0.1, -0.05) is 61.5 Å². The molecule has 1 saturated heterocycles. The number of ether oxygens (including phenoxy) is 3. The number of hydrogen-bond acceptors (Lipinski definition) is 12. The van der Waals surface area contributed by atoms with Crippen LogP contribution >= 0.6 is 11.6 Å². The normalized spacial score (nSPS) is 10.1. The van der Waals surface area contributed by atoms with Gasteiger partial charge in [0.25, 0.3) is 0 Å². The number of nitrogens with two attached hydrogens (primary N) is 2. The summed E-state index contributed by atoms with van der Waals surface area (Å²) in [6, 6.07) is 23.5. The predicted molar refractivity (Wildman–Crippen MR) is 211 cm³/mol. The maximum absolute atomic E-state index is 11.3. The van der Waals surface area contributed by atoms with Crippen molar-refractivity contribution in [1.29, 1.82) is 0 Å². The van der Waals surface area contributed by atoms with Gasteiger partial charge in [-0.25, -0.2) is 9.59 Å². The predicted octanol–water partition coefficient (Wildman–Crippen LogP) is 2.07. The van der Waals surface area contributed by atoms with Gasteiger partial charge in [0.2, 0.25) is 0 Å². The number of carbonyl (C=O) groups excluding carboxylic acids is 4. The van der Waals surface area contributed by atoms with E-state index in [2.05, 4.69) is 38.1 Å². The van der Waals surface area contributed by atoms with Gasteiger partial charge < -0.3 is 43.1 Å². The monoisotopic (exact) mass is 756 g/mol. The number of para-hydroxylation sites is 3. The van der Waals surface area contributed by atoms with E-state index in [0.717, 1.165) is 55.3 Å². The molecule has 3 aromatic carbocycles. The molecule has 0 aliphatic carbocycles. The number of benzene rings is 3. The molecular formula is C36H59AlClLiN6O7. The van der Waals surface area contributed by atoms with E-state index >= 15 is 0 Å². The van der Waals surface area contributed by atoms with Gasteiger partial charge in [0, 0.05) is 68.6 Å². The minimum absolute atomic E-state index is 0. The molecule has 16 heteroatoms. The number of rotatable bonds is 10. The topological polar surface area (TPSA) is 196 Å². The van der Waals surface area contributed by atoms with Gasteiger partial charge in [-0.2, -0.15) is 9.59 Å². The van der Waals surface area contributed by atoms with Crippen LogP contribution in [-0.2, 0) is 43.4 Å². The summed E-state index contributed by atoms with van der Waals surface area (Å²) < 4.78 is 13.9. The minimum atomic E-state index is -0.738. The Labute approximate surface area is 338 Å². The zero-order chi connectivity index (χ0) is 37.8. The van der Waals surface area contributed by atoms with Crippen LogP contribution in [0.2, 0.25) is 0 Å². The largest absolute Gasteiger partial charge is 1.00 e.